The molecule has 7 heteroatoms. The van der Waals surface area contributed by atoms with E-state index in [1.807, 2.05) is 4.90 Å². The summed E-state index contributed by atoms with van der Waals surface area (Å²) >= 11 is 0. The second-order valence-electron chi connectivity index (χ2n) is 8.18. The van der Waals surface area contributed by atoms with Gasteiger partial charge in [-0.3, -0.25) is 9.79 Å². The minimum Gasteiger partial charge on any atom is -0.459 e. The summed E-state index contributed by atoms with van der Waals surface area (Å²) in [6, 6.07) is 12.2. The van der Waals surface area contributed by atoms with Gasteiger partial charge in [0.1, 0.15) is 0 Å². The van der Waals surface area contributed by atoms with Gasteiger partial charge in [-0.1, -0.05) is 43.7 Å². The number of hydrogen-bond donors (Lipinski definition) is 1. The Hall–Kier alpha value is -2.03. The van der Waals surface area contributed by atoms with Crippen molar-refractivity contribution in [3.05, 3.63) is 59.5 Å². The number of carbonyl (C=O) groups excluding carboxylic acids is 1. The largest absolute Gasteiger partial charge is 0.459 e. The van der Waals surface area contributed by atoms with Crippen LogP contribution < -0.4 is 5.32 Å². The van der Waals surface area contributed by atoms with Crippen LogP contribution in [0.2, 0.25) is 0 Å². The van der Waals surface area contributed by atoms with Crippen LogP contribution in [0.3, 0.4) is 0 Å². The Labute approximate surface area is 196 Å². The quantitative estimate of drug-likeness (QED) is 0.366. The van der Waals surface area contributed by atoms with E-state index in [1.54, 1.807) is 12.1 Å². The lowest BCUT2D eigenvalue weighted by Crippen LogP contribution is -2.54. The molecule has 0 atom stereocenters. The second kappa shape index (κ2) is 10.8. The van der Waals surface area contributed by atoms with Crippen molar-refractivity contribution in [2.24, 2.45) is 4.99 Å². The normalized spacial score (nSPS) is 15.0. The van der Waals surface area contributed by atoms with Crippen LogP contribution in [-0.4, -0.2) is 60.9 Å². The van der Waals surface area contributed by atoms with Gasteiger partial charge >= 0.3 is 0 Å². The Bertz CT molecular complexity index is 823. The maximum Gasteiger partial charge on any atom is 0.289 e. The zero-order valence-corrected chi connectivity index (χ0v) is 20.7. The number of nitrogens with zero attached hydrogens (tertiary/aromatic N) is 3. The molecule has 0 radical (unpaired) electrons. The lowest BCUT2D eigenvalue weighted by molar-refractivity contribution is 0.0657. The third kappa shape index (κ3) is 6.00. The molecular weight excluding hydrogens is 491 g/mol. The number of nitrogens with one attached hydrogen (secondary N) is 1. The summed E-state index contributed by atoms with van der Waals surface area (Å²) in [7, 11) is 0. The molecule has 1 aliphatic heterocycles. The average Bonchev–Trinajstić information content (AvgIpc) is 3.26. The predicted octanol–water partition coefficient (Wildman–Crippen LogP) is 3.91. The first-order chi connectivity index (χ1) is 13.9. The molecule has 1 aromatic heterocycles. The summed E-state index contributed by atoms with van der Waals surface area (Å²) in [4.78, 5) is 21.5. The molecule has 2 heterocycles. The van der Waals surface area contributed by atoms with Crippen LogP contribution >= 0.6 is 24.0 Å². The molecule has 0 spiro atoms. The highest BCUT2D eigenvalue weighted by molar-refractivity contribution is 14.0. The number of halogens is 1. The fourth-order valence-electron chi connectivity index (χ4n) is 3.47. The van der Waals surface area contributed by atoms with Crippen LogP contribution in [0.15, 0.2) is 52.1 Å². The number of carbonyl (C=O) groups is 1. The molecule has 2 aromatic rings. The number of aryl methyl sites for hydroxylation is 1. The Morgan fingerprint density at radius 1 is 1.10 bits per heavy atom. The Morgan fingerprint density at radius 2 is 1.73 bits per heavy atom. The van der Waals surface area contributed by atoms with Crippen LogP contribution in [-0.2, 0) is 5.41 Å². The van der Waals surface area contributed by atoms with E-state index in [1.165, 1.54) is 17.4 Å². The van der Waals surface area contributed by atoms with Gasteiger partial charge in [-0.05, 0) is 31.5 Å². The van der Waals surface area contributed by atoms with Crippen molar-refractivity contribution in [1.82, 2.24) is 15.1 Å². The molecule has 1 fully saturated rings. The van der Waals surface area contributed by atoms with Crippen molar-refractivity contribution >= 4 is 35.8 Å². The Kier molecular flexibility index (Phi) is 8.76. The summed E-state index contributed by atoms with van der Waals surface area (Å²) in [6.07, 6.45) is 1.54. The van der Waals surface area contributed by atoms with Crippen LogP contribution in [0.25, 0.3) is 0 Å². The topological polar surface area (TPSA) is 61.1 Å². The fraction of sp³-hybridized carbons (Fsp3) is 0.478. The molecule has 0 aliphatic carbocycles. The minimum atomic E-state index is -0.0502. The summed E-state index contributed by atoms with van der Waals surface area (Å²) in [5.74, 6) is 1.27. The van der Waals surface area contributed by atoms with E-state index in [9.17, 15) is 4.79 Å². The molecule has 1 N–H and O–H groups in total. The van der Waals surface area contributed by atoms with Crippen LogP contribution in [0.5, 0.6) is 0 Å². The molecular formula is C23H33IN4O2. The smallest absolute Gasteiger partial charge is 0.289 e. The molecule has 164 valence electrons. The van der Waals surface area contributed by atoms with Crippen molar-refractivity contribution in [2.75, 3.05) is 39.3 Å². The Morgan fingerprint density at radius 3 is 2.30 bits per heavy atom. The van der Waals surface area contributed by atoms with Crippen molar-refractivity contribution < 1.29 is 9.21 Å². The number of piperazine rings is 1. The first-order valence-electron chi connectivity index (χ1n) is 10.3. The first-order valence-corrected chi connectivity index (χ1v) is 10.3. The number of furan rings is 1. The van der Waals surface area contributed by atoms with Gasteiger partial charge in [0.25, 0.3) is 5.91 Å². The van der Waals surface area contributed by atoms with E-state index in [0.29, 0.717) is 25.4 Å². The summed E-state index contributed by atoms with van der Waals surface area (Å²) < 4.78 is 5.25. The van der Waals surface area contributed by atoms with Gasteiger partial charge in [0, 0.05) is 38.1 Å². The van der Waals surface area contributed by atoms with Crippen molar-refractivity contribution in [1.29, 1.82) is 0 Å². The standard InChI is InChI=1S/C23H32N4O2.HI/c1-5-24-22(25-17-23(3,4)19-10-8-18(2)9-11-19)27-14-12-26(13-15-27)21(28)20-7-6-16-29-20;/h6-11,16H,5,12-15,17H2,1-4H3,(H,24,25);1H. The molecule has 1 saturated heterocycles. The van der Waals surface area contributed by atoms with E-state index in [4.69, 9.17) is 9.41 Å². The molecule has 3 rings (SSSR count). The molecule has 0 bridgehead atoms. The number of hydrogen-bond acceptors (Lipinski definition) is 3. The third-order valence-electron chi connectivity index (χ3n) is 5.39. The number of rotatable bonds is 5. The molecule has 1 aliphatic rings. The van der Waals surface area contributed by atoms with Crippen molar-refractivity contribution in [3.63, 3.8) is 0 Å². The van der Waals surface area contributed by atoms with Gasteiger partial charge < -0.3 is 19.5 Å². The molecule has 1 amide bonds. The molecule has 1 aromatic carbocycles. The maximum atomic E-state index is 12.5. The van der Waals surface area contributed by atoms with Gasteiger partial charge in [-0.2, -0.15) is 0 Å². The highest BCUT2D eigenvalue weighted by atomic mass is 127. The summed E-state index contributed by atoms with van der Waals surface area (Å²) in [6.45, 7) is 13.0. The minimum absolute atomic E-state index is 0. The third-order valence-corrected chi connectivity index (χ3v) is 5.39. The molecule has 30 heavy (non-hydrogen) atoms. The molecule has 0 unspecified atom stereocenters. The zero-order chi connectivity index (χ0) is 20.9. The predicted molar refractivity (Wildman–Crippen MR) is 132 cm³/mol. The number of benzene rings is 1. The number of guanidine groups is 1. The average molecular weight is 524 g/mol. The van der Waals surface area contributed by atoms with Gasteiger partial charge in [-0.25, -0.2) is 0 Å². The second-order valence-corrected chi connectivity index (χ2v) is 8.18. The number of aliphatic imine (C=N–C) groups is 1. The van der Waals surface area contributed by atoms with Crippen LogP contribution in [0.4, 0.5) is 0 Å². The molecule has 6 nitrogen and oxygen atoms in total. The fourth-order valence-corrected chi connectivity index (χ4v) is 3.47. The van der Waals surface area contributed by atoms with Crippen molar-refractivity contribution in [2.45, 2.75) is 33.1 Å². The van der Waals surface area contributed by atoms with E-state index >= 15 is 0 Å². The van der Waals surface area contributed by atoms with Gasteiger partial charge in [-0.15, -0.1) is 24.0 Å². The lowest BCUT2D eigenvalue weighted by Gasteiger charge is -2.36. The van der Waals surface area contributed by atoms with Gasteiger partial charge in [0.2, 0.25) is 0 Å². The summed E-state index contributed by atoms with van der Waals surface area (Å²) in [5.41, 5.74) is 2.51. The maximum absolute atomic E-state index is 12.5. The van der Waals surface area contributed by atoms with Crippen LogP contribution in [0, 0.1) is 6.92 Å². The van der Waals surface area contributed by atoms with E-state index < -0.39 is 0 Å². The van der Waals surface area contributed by atoms with E-state index in [0.717, 1.165) is 25.6 Å². The molecule has 0 saturated carbocycles. The first kappa shape index (κ1) is 24.2. The monoisotopic (exact) mass is 524 g/mol. The van der Waals surface area contributed by atoms with Crippen LogP contribution in [0.1, 0.15) is 42.5 Å². The highest BCUT2D eigenvalue weighted by Crippen LogP contribution is 2.24. The SMILES string of the molecule is CCNC(=NCC(C)(C)c1ccc(C)cc1)N1CCN(C(=O)c2ccco2)CC1.I. The Balaban J connectivity index is 0.00000320. The zero-order valence-electron chi connectivity index (χ0n) is 18.4. The number of amides is 1. The lowest BCUT2D eigenvalue weighted by atomic mass is 9.84. The van der Waals surface area contributed by atoms with Crippen molar-refractivity contribution in [3.8, 4) is 0 Å². The van der Waals surface area contributed by atoms with E-state index in [-0.39, 0.29) is 35.3 Å². The van der Waals surface area contributed by atoms with Gasteiger partial charge in [0.05, 0.1) is 12.8 Å². The highest BCUT2D eigenvalue weighted by Gasteiger charge is 2.26. The van der Waals surface area contributed by atoms with E-state index in [2.05, 4.69) is 62.2 Å². The summed E-state index contributed by atoms with van der Waals surface area (Å²) in [5, 5.41) is 3.41. The van der Waals surface area contributed by atoms with Gasteiger partial charge in [0.15, 0.2) is 11.7 Å².